The summed E-state index contributed by atoms with van der Waals surface area (Å²) in [6.07, 6.45) is 5.95. The number of piperazine rings is 1. The number of fused-ring (bicyclic) bond motifs is 1. The SMILES string of the molecule is c1cc(CCN2CCN(Cc3ccc4c(c3)CCO4)CC2)ccn1. The summed E-state index contributed by atoms with van der Waals surface area (Å²) < 4.78 is 5.60. The van der Waals surface area contributed by atoms with Crippen LogP contribution in [0.15, 0.2) is 42.7 Å². The summed E-state index contributed by atoms with van der Waals surface area (Å²) in [5, 5.41) is 0. The van der Waals surface area contributed by atoms with E-state index in [0.717, 1.165) is 51.4 Å². The normalized spacial score (nSPS) is 18.3. The minimum Gasteiger partial charge on any atom is -0.493 e. The third-order valence-corrected chi connectivity index (χ3v) is 5.09. The first-order valence-electron chi connectivity index (χ1n) is 8.95. The van der Waals surface area contributed by atoms with E-state index in [1.54, 1.807) is 0 Å². The summed E-state index contributed by atoms with van der Waals surface area (Å²) in [7, 11) is 0. The number of nitrogens with zero attached hydrogens (tertiary/aromatic N) is 3. The highest BCUT2D eigenvalue weighted by molar-refractivity contribution is 5.39. The van der Waals surface area contributed by atoms with Crippen LogP contribution in [0.4, 0.5) is 0 Å². The van der Waals surface area contributed by atoms with Gasteiger partial charge >= 0.3 is 0 Å². The molecular weight excluding hydrogens is 298 g/mol. The second-order valence-corrected chi connectivity index (χ2v) is 6.76. The van der Waals surface area contributed by atoms with Crippen LogP contribution in [0.2, 0.25) is 0 Å². The lowest BCUT2D eigenvalue weighted by Crippen LogP contribution is -2.46. The van der Waals surface area contributed by atoms with Crippen molar-refractivity contribution < 1.29 is 4.74 Å². The first-order valence-corrected chi connectivity index (χ1v) is 8.95. The maximum absolute atomic E-state index is 5.60. The first-order chi connectivity index (χ1) is 11.9. The lowest BCUT2D eigenvalue weighted by atomic mass is 10.1. The Bertz CT molecular complexity index is 666. The Kier molecular flexibility index (Phi) is 4.76. The van der Waals surface area contributed by atoms with Crippen molar-refractivity contribution in [1.82, 2.24) is 14.8 Å². The zero-order chi connectivity index (χ0) is 16.2. The van der Waals surface area contributed by atoms with E-state index in [9.17, 15) is 0 Å². The first kappa shape index (κ1) is 15.6. The van der Waals surface area contributed by atoms with Gasteiger partial charge in [-0.25, -0.2) is 0 Å². The van der Waals surface area contributed by atoms with Crippen molar-refractivity contribution in [2.24, 2.45) is 0 Å². The van der Waals surface area contributed by atoms with Crippen molar-refractivity contribution >= 4 is 0 Å². The summed E-state index contributed by atoms with van der Waals surface area (Å²) in [5.74, 6) is 1.08. The Hall–Kier alpha value is -1.91. The summed E-state index contributed by atoms with van der Waals surface area (Å²) in [4.78, 5) is 9.23. The van der Waals surface area contributed by atoms with Crippen molar-refractivity contribution in [3.8, 4) is 5.75 Å². The second-order valence-electron chi connectivity index (χ2n) is 6.76. The molecule has 4 rings (SSSR count). The highest BCUT2D eigenvalue weighted by Crippen LogP contribution is 2.26. The molecule has 0 aliphatic carbocycles. The van der Waals surface area contributed by atoms with Crippen LogP contribution in [-0.4, -0.2) is 54.1 Å². The summed E-state index contributed by atoms with van der Waals surface area (Å²) in [6, 6.07) is 10.9. The molecule has 0 radical (unpaired) electrons. The average molecular weight is 323 g/mol. The van der Waals surface area contributed by atoms with Crippen LogP contribution in [0.25, 0.3) is 0 Å². The Balaban J connectivity index is 1.24. The number of ether oxygens (including phenoxy) is 1. The third-order valence-electron chi connectivity index (χ3n) is 5.09. The Morgan fingerprint density at radius 2 is 1.71 bits per heavy atom. The van der Waals surface area contributed by atoms with Crippen LogP contribution < -0.4 is 4.74 Å². The second kappa shape index (κ2) is 7.32. The highest BCUT2D eigenvalue weighted by Gasteiger charge is 2.18. The molecule has 0 amide bonds. The van der Waals surface area contributed by atoms with Crippen molar-refractivity contribution in [3.05, 3.63) is 59.4 Å². The molecule has 0 spiro atoms. The number of hydrogen-bond acceptors (Lipinski definition) is 4. The number of pyridine rings is 1. The van der Waals surface area contributed by atoms with E-state index in [0.29, 0.717) is 0 Å². The molecule has 4 heteroatoms. The zero-order valence-corrected chi connectivity index (χ0v) is 14.2. The molecular formula is C20H25N3O. The van der Waals surface area contributed by atoms with Crippen LogP contribution in [0.3, 0.4) is 0 Å². The summed E-state index contributed by atoms with van der Waals surface area (Å²) >= 11 is 0. The van der Waals surface area contributed by atoms with Gasteiger partial charge in [0.15, 0.2) is 0 Å². The fraction of sp³-hybridized carbons (Fsp3) is 0.450. The molecule has 1 saturated heterocycles. The smallest absolute Gasteiger partial charge is 0.122 e. The molecule has 0 unspecified atom stereocenters. The van der Waals surface area contributed by atoms with Gasteiger partial charge in [0.05, 0.1) is 6.61 Å². The van der Waals surface area contributed by atoms with Crippen molar-refractivity contribution in [2.45, 2.75) is 19.4 Å². The quantitative estimate of drug-likeness (QED) is 0.845. The van der Waals surface area contributed by atoms with Gasteiger partial charge in [0.1, 0.15) is 5.75 Å². The average Bonchev–Trinajstić information content (AvgIpc) is 3.10. The van der Waals surface area contributed by atoms with Crippen LogP contribution >= 0.6 is 0 Å². The minimum atomic E-state index is 0.842. The molecule has 0 atom stereocenters. The maximum atomic E-state index is 5.60. The largest absolute Gasteiger partial charge is 0.493 e. The van der Waals surface area contributed by atoms with Crippen LogP contribution in [0.1, 0.15) is 16.7 Å². The van der Waals surface area contributed by atoms with Crippen molar-refractivity contribution in [1.29, 1.82) is 0 Å². The molecule has 2 aromatic rings. The standard InChI is InChI=1S/C20H25N3O/c1-2-20-19(6-14-24-20)15-18(1)16-23-12-10-22(11-13-23)9-5-17-3-7-21-8-4-17/h1-4,7-8,15H,5-6,9-14,16H2. The van der Waals surface area contributed by atoms with Gasteiger partial charge in [-0.05, 0) is 41.3 Å². The predicted octanol–water partition coefficient (Wildman–Crippen LogP) is 2.38. The van der Waals surface area contributed by atoms with Gasteiger partial charge in [0.25, 0.3) is 0 Å². The Labute approximate surface area is 144 Å². The molecule has 2 aliphatic heterocycles. The van der Waals surface area contributed by atoms with Gasteiger partial charge in [-0.1, -0.05) is 12.1 Å². The molecule has 0 N–H and O–H groups in total. The number of aromatic nitrogens is 1. The van der Waals surface area contributed by atoms with Gasteiger partial charge in [0.2, 0.25) is 0 Å². The zero-order valence-electron chi connectivity index (χ0n) is 14.2. The number of hydrogen-bond donors (Lipinski definition) is 0. The van der Waals surface area contributed by atoms with Gasteiger partial charge in [0, 0.05) is 58.1 Å². The maximum Gasteiger partial charge on any atom is 0.122 e. The van der Waals surface area contributed by atoms with E-state index in [4.69, 9.17) is 4.74 Å². The van der Waals surface area contributed by atoms with Crippen LogP contribution in [0, 0.1) is 0 Å². The molecule has 1 aromatic heterocycles. The van der Waals surface area contributed by atoms with Crippen LogP contribution in [0.5, 0.6) is 5.75 Å². The van der Waals surface area contributed by atoms with Gasteiger partial charge in [-0.3, -0.25) is 9.88 Å². The Morgan fingerprint density at radius 3 is 2.54 bits per heavy atom. The molecule has 4 nitrogen and oxygen atoms in total. The summed E-state index contributed by atoms with van der Waals surface area (Å²) in [6.45, 7) is 7.70. The molecule has 0 bridgehead atoms. The third kappa shape index (κ3) is 3.77. The molecule has 1 aromatic carbocycles. The van der Waals surface area contributed by atoms with Gasteiger partial charge < -0.3 is 9.64 Å². The van der Waals surface area contributed by atoms with Gasteiger partial charge in [-0.15, -0.1) is 0 Å². The fourth-order valence-corrected chi connectivity index (χ4v) is 3.60. The molecule has 3 heterocycles. The lowest BCUT2D eigenvalue weighted by molar-refractivity contribution is 0.128. The van der Waals surface area contributed by atoms with E-state index < -0.39 is 0 Å². The Morgan fingerprint density at radius 1 is 0.917 bits per heavy atom. The highest BCUT2D eigenvalue weighted by atomic mass is 16.5. The lowest BCUT2D eigenvalue weighted by Gasteiger charge is -2.34. The van der Waals surface area contributed by atoms with Crippen molar-refractivity contribution in [3.63, 3.8) is 0 Å². The monoisotopic (exact) mass is 323 g/mol. The molecule has 24 heavy (non-hydrogen) atoms. The minimum absolute atomic E-state index is 0.842. The topological polar surface area (TPSA) is 28.6 Å². The van der Waals surface area contributed by atoms with E-state index in [2.05, 4.69) is 45.1 Å². The van der Waals surface area contributed by atoms with E-state index in [-0.39, 0.29) is 0 Å². The van der Waals surface area contributed by atoms with Crippen molar-refractivity contribution in [2.75, 3.05) is 39.3 Å². The molecule has 126 valence electrons. The van der Waals surface area contributed by atoms with E-state index >= 15 is 0 Å². The van der Waals surface area contributed by atoms with E-state index in [1.807, 2.05) is 12.4 Å². The predicted molar refractivity (Wildman–Crippen MR) is 95.3 cm³/mol. The molecule has 1 fully saturated rings. The number of benzene rings is 1. The van der Waals surface area contributed by atoms with Crippen LogP contribution in [-0.2, 0) is 19.4 Å². The summed E-state index contributed by atoms with van der Waals surface area (Å²) in [5.41, 5.74) is 4.18. The number of rotatable bonds is 5. The molecule has 0 saturated carbocycles. The molecule has 2 aliphatic rings. The van der Waals surface area contributed by atoms with Gasteiger partial charge in [-0.2, -0.15) is 0 Å². The van der Waals surface area contributed by atoms with E-state index in [1.165, 1.54) is 29.8 Å². The fourth-order valence-electron chi connectivity index (χ4n) is 3.60.